The number of rotatable bonds is 8. The van der Waals surface area contributed by atoms with E-state index < -0.39 is 0 Å². The van der Waals surface area contributed by atoms with Crippen LogP contribution in [0, 0.1) is 11.8 Å². The van der Waals surface area contributed by atoms with E-state index in [4.69, 9.17) is 4.74 Å². The van der Waals surface area contributed by atoms with Gasteiger partial charge in [0.2, 0.25) is 5.91 Å². The molecule has 27 heavy (non-hydrogen) atoms. The van der Waals surface area contributed by atoms with Crippen molar-refractivity contribution in [3.8, 4) is 0 Å². The molecule has 6 heteroatoms. The molecule has 6 nitrogen and oxygen atoms in total. The standard InChI is InChI=1S/C21H33N3O3/c1-15(2)20(25)23-17-6-7-19(24-11-8-16(3)9-12-24)18(14-17)21(26)22-10-5-13-27-4/h6-7,14-16H,5,8-13H2,1-4H3,(H,22,26)(H,23,25). The third-order valence-corrected chi connectivity index (χ3v) is 4.97. The fraction of sp³-hybridized carbons (Fsp3) is 0.619. The third-order valence-electron chi connectivity index (χ3n) is 4.97. The van der Waals surface area contributed by atoms with Crippen LogP contribution in [0.4, 0.5) is 11.4 Å². The van der Waals surface area contributed by atoms with Gasteiger partial charge < -0.3 is 20.3 Å². The Labute approximate surface area is 162 Å². The quantitative estimate of drug-likeness (QED) is 0.684. The van der Waals surface area contributed by atoms with E-state index in [0.29, 0.717) is 24.4 Å². The van der Waals surface area contributed by atoms with Crippen LogP contribution in [0.3, 0.4) is 0 Å². The molecule has 2 N–H and O–H groups in total. The third kappa shape index (κ3) is 6.24. The lowest BCUT2D eigenvalue weighted by Gasteiger charge is -2.33. The molecular formula is C21H33N3O3. The van der Waals surface area contributed by atoms with Crippen molar-refractivity contribution in [1.82, 2.24) is 5.32 Å². The van der Waals surface area contributed by atoms with Crippen LogP contribution in [0.15, 0.2) is 18.2 Å². The zero-order valence-electron chi connectivity index (χ0n) is 17.0. The van der Waals surface area contributed by atoms with Crippen LogP contribution in [0.5, 0.6) is 0 Å². The van der Waals surface area contributed by atoms with Crippen LogP contribution in [0.1, 0.15) is 50.4 Å². The molecule has 2 rings (SSSR count). The summed E-state index contributed by atoms with van der Waals surface area (Å²) in [6, 6.07) is 5.63. The highest BCUT2D eigenvalue weighted by Crippen LogP contribution is 2.29. The largest absolute Gasteiger partial charge is 0.385 e. The Morgan fingerprint density at radius 3 is 2.59 bits per heavy atom. The van der Waals surface area contributed by atoms with Crippen molar-refractivity contribution in [2.24, 2.45) is 11.8 Å². The smallest absolute Gasteiger partial charge is 0.253 e. The Morgan fingerprint density at radius 2 is 1.96 bits per heavy atom. The van der Waals surface area contributed by atoms with Gasteiger partial charge in [-0.15, -0.1) is 0 Å². The summed E-state index contributed by atoms with van der Waals surface area (Å²) in [6.45, 7) is 9.04. The first-order valence-corrected chi connectivity index (χ1v) is 9.89. The molecule has 0 atom stereocenters. The van der Waals surface area contributed by atoms with Crippen molar-refractivity contribution in [2.45, 2.75) is 40.0 Å². The molecule has 1 aliphatic rings. The van der Waals surface area contributed by atoms with Crippen LogP contribution < -0.4 is 15.5 Å². The molecule has 1 aromatic carbocycles. The predicted octanol–water partition coefficient (Wildman–Crippen LogP) is 3.28. The van der Waals surface area contributed by atoms with E-state index in [9.17, 15) is 9.59 Å². The second kappa shape index (κ2) is 10.3. The van der Waals surface area contributed by atoms with Crippen LogP contribution in [-0.4, -0.2) is 45.2 Å². The number of hydrogen-bond donors (Lipinski definition) is 2. The molecule has 0 unspecified atom stereocenters. The van der Waals surface area contributed by atoms with Crippen LogP contribution in [-0.2, 0) is 9.53 Å². The SMILES string of the molecule is COCCCNC(=O)c1cc(NC(=O)C(C)C)ccc1N1CCC(C)CC1. The molecule has 1 aliphatic heterocycles. The summed E-state index contributed by atoms with van der Waals surface area (Å²) in [5, 5.41) is 5.86. The molecular weight excluding hydrogens is 342 g/mol. The minimum Gasteiger partial charge on any atom is -0.385 e. The van der Waals surface area contributed by atoms with Crippen molar-refractivity contribution in [1.29, 1.82) is 0 Å². The highest BCUT2D eigenvalue weighted by Gasteiger charge is 2.22. The highest BCUT2D eigenvalue weighted by atomic mass is 16.5. The van der Waals surface area contributed by atoms with Gasteiger partial charge in [0.25, 0.3) is 5.91 Å². The number of anilines is 2. The summed E-state index contributed by atoms with van der Waals surface area (Å²) in [7, 11) is 1.65. The van der Waals surface area contributed by atoms with Crippen LogP contribution in [0.2, 0.25) is 0 Å². The number of methoxy groups -OCH3 is 1. The van der Waals surface area contributed by atoms with Crippen molar-refractivity contribution in [2.75, 3.05) is 43.6 Å². The topological polar surface area (TPSA) is 70.7 Å². The first kappa shape index (κ1) is 21.2. The van der Waals surface area contributed by atoms with E-state index >= 15 is 0 Å². The van der Waals surface area contributed by atoms with Gasteiger partial charge in [-0.1, -0.05) is 20.8 Å². The second-order valence-corrected chi connectivity index (χ2v) is 7.65. The lowest BCUT2D eigenvalue weighted by atomic mass is 9.97. The van der Waals surface area contributed by atoms with Crippen LogP contribution >= 0.6 is 0 Å². The van der Waals surface area contributed by atoms with Gasteiger partial charge in [0.1, 0.15) is 0 Å². The van der Waals surface area contributed by atoms with Crippen molar-refractivity contribution in [3.63, 3.8) is 0 Å². The number of nitrogens with zero attached hydrogens (tertiary/aromatic N) is 1. The number of carbonyl (C=O) groups is 2. The average Bonchev–Trinajstić information content (AvgIpc) is 2.65. The fourth-order valence-corrected chi connectivity index (χ4v) is 3.12. The number of carbonyl (C=O) groups excluding carboxylic acids is 2. The summed E-state index contributed by atoms with van der Waals surface area (Å²) in [4.78, 5) is 27.1. The maximum absolute atomic E-state index is 12.8. The van der Waals surface area contributed by atoms with Gasteiger partial charge in [-0.05, 0) is 43.4 Å². The normalized spacial score (nSPS) is 15.1. The number of ether oxygens (including phenoxy) is 1. The van der Waals surface area contributed by atoms with E-state index in [1.807, 2.05) is 26.0 Å². The van der Waals surface area contributed by atoms with Gasteiger partial charge in [0.15, 0.2) is 0 Å². The zero-order valence-corrected chi connectivity index (χ0v) is 17.0. The molecule has 0 saturated carbocycles. The summed E-state index contributed by atoms with van der Waals surface area (Å²) in [5.41, 5.74) is 2.21. The maximum atomic E-state index is 12.8. The summed E-state index contributed by atoms with van der Waals surface area (Å²) in [6.07, 6.45) is 3.02. The Morgan fingerprint density at radius 1 is 1.26 bits per heavy atom. The van der Waals surface area contributed by atoms with Gasteiger partial charge >= 0.3 is 0 Å². The minimum atomic E-state index is -0.112. The lowest BCUT2D eigenvalue weighted by Crippen LogP contribution is -2.35. The number of benzene rings is 1. The molecule has 150 valence electrons. The maximum Gasteiger partial charge on any atom is 0.253 e. The van der Waals surface area contributed by atoms with Gasteiger partial charge in [-0.3, -0.25) is 9.59 Å². The van der Waals surface area contributed by atoms with E-state index in [1.54, 1.807) is 13.2 Å². The fourth-order valence-electron chi connectivity index (χ4n) is 3.12. The number of piperidine rings is 1. The molecule has 1 fully saturated rings. The molecule has 0 aliphatic carbocycles. The molecule has 0 radical (unpaired) electrons. The van der Waals surface area contributed by atoms with Gasteiger partial charge in [0, 0.05) is 50.6 Å². The van der Waals surface area contributed by atoms with Crippen molar-refractivity contribution >= 4 is 23.2 Å². The monoisotopic (exact) mass is 375 g/mol. The minimum absolute atomic E-state index is 0.0546. The molecule has 1 aromatic rings. The predicted molar refractivity (Wildman–Crippen MR) is 109 cm³/mol. The van der Waals surface area contributed by atoms with Crippen molar-refractivity contribution in [3.05, 3.63) is 23.8 Å². The van der Waals surface area contributed by atoms with Gasteiger partial charge in [-0.2, -0.15) is 0 Å². The van der Waals surface area contributed by atoms with E-state index in [2.05, 4.69) is 22.5 Å². The Bertz CT molecular complexity index is 638. The molecule has 1 heterocycles. The average molecular weight is 376 g/mol. The van der Waals surface area contributed by atoms with Crippen LogP contribution in [0.25, 0.3) is 0 Å². The van der Waals surface area contributed by atoms with E-state index in [0.717, 1.165) is 44.0 Å². The summed E-state index contributed by atoms with van der Waals surface area (Å²) >= 11 is 0. The molecule has 0 spiro atoms. The molecule has 0 aromatic heterocycles. The Hall–Kier alpha value is -2.08. The van der Waals surface area contributed by atoms with Gasteiger partial charge in [0.05, 0.1) is 5.56 Å². The zero-order chi connectivity index (χ0) is 19.8. The first-order valence-electron chi connectivity index (χ1n) is 9.89. The van der Waals surface area contributed by atoms with E-state index in [-0.39, 0.29) is 17.7 Å². The van der Waals surface area contributed by atoms with Crippen molar-refractivity contribution < 1.29 is 14.3 Å². The second-order valence-electron chi connectivity index (χ2n) is 7.65. The number of amides is 2. The molecule has 0 bridgehead atoms. The molecule has 2 amide bonds. The Balaban J connectivity index is 2.20. The van der Waals surface area contributed by atoms with E-state index in [1.165, 1.54) is 0 Å². The van der Waals surface area contributed by atoms with Gasteiger partial charge in [-0.25, -0.2) is 0 Å². The number of hydrogen-bond acceptors (Lipinski definition) is 4. The summed E-state index contributed by atoms with van der Waals surface area (Å²) in [5.74, 6) is 0.443. The Kier molecular flexibility index (Phi) is 8.10. The number of nitrogens with one attached hydrogen (secondary N) is 2. The first-order chi connectivity index (χ1) is 12.9. The summed E-state index contributed by atoms with van der Waals surface area (Å²) < 4.78 is 5.04. The highest BCUT2D eigenvalue weighted by molar-refractivity contribution is 6.02. The molecule has 1 saturated heterocycles. The lowest BCUT2D eigenvalue weighted by molar-refractivity contribution is -0.118.